The SMILES string of the molecule is CC(C)c1cc(C(C)C)c(B(c2ccccc2)c2ccccc2)c(C(C)C)c1Br. The summed E-state index contributed by atoms with van der Waals surface area (Å²) >= 11 is 4.03. The summed E-state index contributed by atoms with van der Waals surface area (Å²) in [5, 5.41) is 0. The van der Waals surface area contributed by atoms with E-state index in [1.807, 2.05) is 0 Å². The molecule has 0 aliphatic heterocycles. The maximum Gasteiger partial charge on any atom is 0.241 e. The highest BCUT2D eigenvalue weighted by molar-refractivity contribution is 9.10. The van der Waals surface area contributed by atoms with Crippen LogP contribution in [0.2, 0.25) is 0 Å². The molecule has 0 aromatic heterocycles. The van der Waals surface area contributed by atoms with Gasteiger partial charge in [-0.2, -0.15) is 0 Å². The van der Waals surface area contributed by atoms with Gasteiger partial charge in [-0.1, -0.05) is 141 Å². The number of halogens is 1. The molecule has 0 saturated heterocycles. The molecular formula is C27H32BBr. The molecule has 0 heterocycles. The minimum atomic E-state index is 0.227. The van der Waals surface area contributed by atoms with Crippen LogP contribution in [-0.4, -0.2) is 6.71 Å². The zero-order chi connectivity index (χ0) is 21.1. The summed E-state index contributed by atoms with van der Waals surface area (Å²) in [6, 6.07) is 24.4. The van der Waals surface area contributed by atoms with E-state index >= 15 is 0 Å². The molecule has 0 bridgehead atoms. The summed E-state index contributed by atoms with van der Waals surface area (Å²) in [4.78, 5) is 0. The summed E-state index contributed by atoms with van der Waals surface area (Å²) in [6.07, 6.45) is 0. The van der Waals surface area contributed by atoms with Crippen LogP contribution < -0.4 is 16.4 Å². The lowest BCUT2D eigenvalue weighted by atomic mass is 9.34. The predicted molar refractivity (Wildman–Crippen MR) is 134 cm³/mol. The van der Waals surface area contributed by atoms with Gasteiger partial charge in [0.05, 0.1) is 0 Å². The Bertz CT molecular complexity index is 904. The third kappa shape index (κ3) is 4.53. The molecule has 29 heavy (non-hydrogen) atoms. The van der Waals surface area contributed by atoms with Crippen molar-refractivity contribution in [2.24, 2.45) is 0 Å². The average molecular weight is 447 g/mol. The Kier molecular flexibility index (Phi) is 7.06. The van der Waals surface area contributed by atoms with Gasteiger partial charge in [-0.25, -0.2) is 0 Å². The summed E-state index contributed by atoms with van der Waals surface area (Å²) in [5.74, 6) is 1.38. The topological polar surface area (TPSA) is 0 Å². The summed E-state index contributed by atoms with van der Waals surface area (Å²) in [7, 11) is 0. The van der Waals surface area contributed by atoms with Crippen LogP contribution in [0.5, 0.6) is 0 Å². The molecule has 3 rings (SSSR count). The van der Waals surface area contributed by atoms with Gasteiger partial charge in [0.25, 0.3) is 0 Å². The van der Waals surface area contributed by atoms with Crippen molar-refractivity contribution in [3.8, 4) is 0 Å². The first-order valence-electron chi connectivity index (χ1n) is 10.8. The molecular weight excluding hydrogens is 415 g/mol. The molecule has 0 saturated carbocycles. The lowest BCUT2D eigenvalue weighted by Gasteiger charge is -2.29. The van der Waals surface area contributed by atoms with Crippen molar-refractivity contribution in [2.75, 3.05) is 0 Å². The van der Waals surface area contributed by atoms with E-state index in [4.69, 9.17) is 0 Å². The van der Waals surface area contributed by atoms with E-state index in [0.29, 0.717) is 17.8 Å². The molecule has 0 unspecified atom stereocenters. The van der Waals surface area contributed by atoms with E-state index in [0.717, 1.165) is 0 Å². The second kappa shape index (κ2) is 9.35. The summed E-state index contributed by atoms with van der Waals surface area (Å²) < 4.78 is 1.29. The molecule has 0 spiro atoms. The monoisotopic (exact) mass is 446 g/mol. The lowest BCUT2D eigenvalue weighted by Crippen LogP contribution is -2.55. The lowest BCUT2D eigenvalue weighted by molar-refractivity contribution is 0.805. The third-order valence-electron chi connectivity index (χ3n) is 5.78. The molecule has 2 heteroatoms. The molecule has 150 valence electrons. The van der Waals surface area contributed by atoms with Crippen LogP contribution in [0.1, 0.15) is 76.0 Å². The Hall–Kier alpha value is -1.80. The molecule has 3 aromatic rings. The van der Waals surface area contributed by atoms with E-state index in [1.54, 1.807) is 0 Å². The standard InChI is InChI=1S/C27H32BBr/c1-18(2)23-17-24(19(3)4)27(29)25(20(5)6)26(23)28(21-13-9-7-10-14-21)22-15-11-8-12-16-22/h7-20H,1-6H3. The molecule has 0 aliphatic rings. The Morgan fingerprint density at radius 2 is 1.07 bits per heavy atom. The molecule has 0 amide bonds. The van der Waals surface area contributed by atoms with Crippen LogP contribution >= 0.6 is 15.9 Å². The van der Waals surface area contributed by atoms with Crippen molar-refractivity contribution < 1.29 is 0 Å². The van der Waals surface area contributed by atoms with Gasteiger partial charge in [0.2, 0.25) is 6.71 Å². The zero-order valence-electron chi connectivity index (χ0n) is 18.5. The Morgan fingerprint density at radius 1 is 0.621 bits per heavy atom. The molecule has 3 aromatic carbocycles. The molecule has 0 fully saturated rings. The maximum atomic E-state index is 4.03. The molecule has 0 atom stereocenters. The fourth-order valence-electron chi connectivity index (χ4n) is 4.34. The van der Waals surface area contributed by atoms with Crippen molar-refractivity contribution in [1.82, 2.24) is 0 Å². The van der Waals surface area contributed by atoms with Crippen LogP contribution in [0.3, 0.4) is 0 Å². The van der Waals surface area contributed by atoms with Crippen molar-refractivity contribution in [2.45, 2.75) is 59.3 Å². The molecule has 0 aliphatic carbocycles. The molecule has 0 radical (unpaired) electrons. The molecule has 0 nitrogen and oxygen atoms in total. The summed E-state index contributed by atoms with van der Waals surface area (Å²) in [6.45, 7) is 14.1. The minimum Gasteiger partial charge on any atom is -0.0686 e. The largest absolute Gasteiger partial charge is 0.241 e. The summed E-state index contributed by atoms with van der Waals surface area (Å²) in [5.41, 5.74) is 8.53. The van der Waals surface area contributed by atoms with Crippen molar-refractivity contribution in [3.63, 3.8) is 0 Å². The Labute approximate surface area is 186 Å². The van der Waals surface area contributed by atoms with Crippen LogP contribution in [0.15, 0.2) is 71.2 Å². The minimum absolute atomic E-state index is 0.227. The first kappa shape index (κ1) is 21.9. The number of benzene rings is 3. The molecule has 0 N–H and O–H groups in total. The van der Waals surface area contributed by atoms with E-state index in [1.165, 1.54) is 37.6 Å². The van der Waals surface area contributed by atoms with E-state index in [2.05, 4.69) is 124 Å². The highest BCUT2D eigenvalue weighted by Crippen LogP contribution is 2.34. The van der Waals surface area contributed by atoms with Crippen molar-refractivity contribution in [3.05, 3.63) is 87.9 Å². The number of hydrogen-bond acceptors (Lipinski definition) is 0. The maximum absolute atomic E-state index is 4.03. The smallest absolute Gasteiger partial charge is 0.0686 e. The van der Waals surface area contributed by atoms with Crippen LogP contribution in [-0.2, 0) is 0 Å². The average Bonchev–Trinajstić information content (AvgIpc) is 2.69. The van der Waals surface area contributed by atoms with Crippen molar-refractivity contribution in [1.29, 1.82) is 0 Å². The first-order valence-corrected chi connectivity index (χ1v) is 11.6. The van der Waals surface area contributed by atoms with Gasteiger partial charge < -0.3 is 0 Å². The van der Waals surface area contributed by atoms with Gasteiger partial charge >= 0.3 is 0 Å². The van der Waals surface area contributed by atoms with Crippen molar-refractivity contribution >= 4 is 39.0 Å². The van der Waals surface area contributed by atoms with Gasteiger partial charge in [-0.3, -0.25) is 0 Å². The van der Waals surface area contributed by atoms with Crippen LogP contribution in [0, 0.1) is 0 Å². The second-order valence-corrected chi connectivity index (χ2v) is 9.71. The van der Waals surface area contributed by atoms with Gasteiger partial charge in [-0.05, 0) is 34.4 Å². The third-order valence-corrected chi connectivity index (χ3v) is 6.66. The Balaban J connectivity index is 2.43. The highest BCUT2D eigenvalue weighted by atomic mass is 79.9. The number of rotatable bonds is 6. The van der Waals surface area contributed by atoms with Gasteiger partial charge in [0, 0.05) is 4.47 Å². The fraction of sp³-hybridized carbons (Fsp3) is 0.333. The normalized spacial score (nSPS) is 11.5. The van der Waals surface area contributed by atoms with Crippen LogP contribution in [0.4, 0.5) is 0 Å². The predicted octanol–water partition coefficient (Wildman–Crippen LogP) is 6.34. The second-order valence-electron chi connectivity index (χ2n) is 8.91. The number of hydrogen-bond donors (Lipinski definition) is 0. The first-order chi connectivity index (χ1) is 13.8. The van der Waals surface area contributed by atoms with Gasteiger partial charge in [-0.15, -0.1) is 0 Å². The highest BCUT2D eigenvalue weighted by Gasteiger charge is 2.31. The van der Waals surface area contributed by atoms with E-state index < -0.39 is 0 Å². The van der Waals surface area contributed by atoms with E-state index in [9.17, 15) is 0 Å². The van der Waals surface area contributed by atoms with Gasteiger partial charge in [0.1, 0.15) is 0 Å². The van der Waals surface area contributed by atoms with Gasteiger partial charge in [0.15, 0.2) is 0 Å². The van der Waals surface area contributed by atoms with E-state index in [-0.39, 0.29) is 6.71 Å². The quantitative estimate of drug-likeness (QED) is 0.387. The Morgan fingerprint density at radius 3 is 1.45 bits per heavy atom. The van der Waals surface area contributed by atoms with Crippen LogP contribution in [0.25, 0.3) is 0 Å². The fourth-order valence-corrected chi connectivity index (χ4v) is 5.58. The zero-order valence-corrected chi connectivity index (χ0v) is 20.1.